The first-order valence-electron chi connectivity index (χ1n) is 5.98. The van der Waals surface area contributed by atoms with Gasteiger partial charge in [0, 0.05) is 11.8 Å². The average molecular weight is 292 g/mol. The number of hydrogen-bond donors (Lipinski definition) is 3. The largest absolute Gasteiger partial charge is 0.508 e. The van der Waals surface area contributed by atoms with E-state index in [0.29, 0.717) is 16.9 Å². The zero-order chi connectivity index (χ0) is 14.9. The van der Waals surface area contributed by atoms with Crippen LogP contribution in [0.3, 0.4) is 0 Å². The maximum absolute atomic E-state index is 12.4. The maximum atomic E-state index is 12.4. The van der Waals surface area contributed by atoms with E-state index in [1.54, 1.807) is 38.1 Å². The van der Waals surface area contributed by atoms with E-state index in [-0.39, 0.29) is 10.6 Å². The second-order valence-corrected chi connectivity index (χ2v) is 6.28. The summed E-state index contributed by atoms with van der Waals surface area (Å²) in [5, 5.41) is 9.37. The van der Waals surface area contributed by atoms with Crippen molar-refractivity contribution in [3.63, 3.8) is 0 Å². The van der Waals surface area contributed by atoms with Crippen LogP contribution in [0.4, 0.5) is 11.4 Å². The normalized spacial score (nSPS) is 11.3. The number of sulfonamides is 1. The number of phenolic OH excluding ortho intramolecular Hbond substituents is 1. The highest BCUT2D eigenvalue weighted by Gasteiger charge is 2.19. The summed E-state index contributed by atoms with van der Waals surface area (Å²) < 4.78 is 27.2. The number of hydrogen-bond acceptors (Lipinski definition) is 4. The summed E-state index contributed by atoms with van der Waals surface area (Å²) >= 11 is 0. The summed E-state index contributed by atoms with van der Waals surface area (Å²) in [6.45, 7) is 3.44. The fraction of sp³-hybridized carbons (Fsp3) is 0.143. The Morgan fingerprint density at radius 1 is 1.15 bits per heavy atom. The molecule has 0 saturated carbocycles. The number of rotatable bonds is 3. The summed E-state index contributed by atoms with van der Waals surface area (Å²) in [5.41, 5.74) is 7.80. The Morgan fingerprint density at radius 2 is 1.85 bits per heavy atom. The summed E-state index contributed by atoms with van der Waals surface area (Å²) in [6, 6.07) is 9.22. The summed E-state index contributed by atoms with van der Waals surface area (Å²) in [7, 11) is -3.75. The number of benzene rings is 2. The Hall–Kier alpha value is -2.21. The molecule has 0 amide bonds. The topological polar surface area (TPSA) is 92.4 Å². The number of nitrogens with two attached hydrogens (primary N) is 1. The van der Waals surface area contributed by atoms with E-state index >= 15 is 0 Å². The van der Waals surface area contributed by atoms with Gasteiger partial charge in [-0.3, -0.25) is 4.72 Å². The van der Waals surface area contributed by atoms with Gasteiger partial charge in [-0.15, -0.1) is 0 Å². The molecule has 0 aliphatic carbocycles. The van der Waals surface area contributed by atoms with Crippen molar-refractivity contribution in [1.29, 1.82) is 0 Å². The highest BCUT2D eigenvalue weighted by atomic mass is 32.2. The van der Waals surface area contributed by atoms with Crippen LogP contribution in [0.15, 0.2) is 41.3 Å². The molecule has 6 heteroatoms. The number of aryl methyl sites for hydroxylation is 1. The Bertz CT molecular complexity index is 755. The Morgan fingerprint density at radius 3 is 2.50 bits per heavy atom. The van der Waals surface area contributed by atoms with Gasteiger partial charge in [-0.2, -0.15) is 0 Å². The number of phenols is 1. The molecule has 0 atom stereocenters. The number of nitrogen functional groups attached to an aromatic ring is 1. The molecule has 2 rings (SSSR count). The van der Waals surface area contributed by atoms with Gasteiger partial charge < -0.3 is 10.8 Å². The van der Waals surface area contributed by atoms with Gasteiger partial charge in [0.2, 0.25) is 0 Å². The molecule has 0 radical (unpaired) electrons. The first-order chi connectivity index (χ1) is 9.29. The fourth-order valence-electron chi connectivity index (χ4n) is 1.91. The van der Waals surface area contributed by atoms with Crippen molar-refractivity contribution in [2.24, 2.45) is 0 Å². The molecular weight excluding hydrogens is 276 g/mol. The molecule has 0 heterocycles. The second kappa shape index (κ2) is 5.05. The molecule has 2 aromatic carbocycles. The maximum Gasteiger partial charge on any atom is 0.262 e. The van der Waals surface area contributed by atoms with Gasteiger partial charge in [-0.1, -0.05) is 6.07 Å². The predicted molar refractivity (Wildman–Crippen MR) is 79.2 cm³/mol. The van der Waals surface area contributed by atoms with Crippen molar-refractivity contribution in [3.8, 4) is 5.75 Å². The number of anilines is 2. The molecular formula is C14H16N2O3S. The van der Waals surface area contributed by atoms with Gasteiger partial charge in [0.15, 0.2) is 0 Å². The van der Waals surface area contributed by atoms with E-state index in [4.69, 9.17) is 5.73 Å². The van der Waals surface area contributed by atoms with Crippen LogP contribution in [-0.4, -0.2) is 13.5 Å². The lowest BCUT2D eigenvalue weighted by atomic mass is 10.1. The standard InChI is InChI=1S/C14H16N2O3S/c1-9-6-13(15)10(2)14(7-9)20(18,19)16-11-4-3-5-12(17)8-11/h3-8,16-17H,15H2,1-2H3. The molecule has 5 nitrogen and oxygen atoms in total. The Labute approximate surface area is 118 Å². The van der Waals surface area contributed by atoms with Crippen LogP contribution in [0.25, 0.3) is 0 Å². The number of aromatic hydroxyl groups is 1. The van der Waals surface area contributed by atoms with Gasteiger partial charge >= 0.3 is 0 Å². The predicted octanol–water partition coefficient (Wildman–Crippen LogP) is 2.39. The van der Waals surface area contributed by atoms with Crippen molar-refractivity contribution in [3.05, 3.63) is 47.5 Å². The average Bonchev–Trinajstić information content (AvgIpc) is 2.33. The molecule has 0 bridgehead atoms. The second-order valence-electron chi connectivity index (χ2n) is 4.63. The van der Waals surface area contributed by atoms with Gasteiger partial charge in [0.25, 0.3) is 10.0 Å². The van der Waals surface area contributed by atoms with E-state index in [2.05, 4.69) is 4.72 Å². The van der Waals surface area contributed by atoms with Gasteiger partial charge in [0.1, 0.15) is 5.75 Å². The van der Waals surface area contributed by atoms with Crippen LogP contribution >= 0.6 is 0 Å². The molecule has 20 heavy (non-hydrogen) atoms. The Kier molecular flexibility index (Phi) is 3.59. The van der Waals surface area contributed by atoms with Gasteiger partial charge in [-0.25, -0.2) is 8.42 Å². The quantitative estimate of drug-likeness (QED) is 0.757. The van der Waals surface area contributed by atoms with Crippen LogP contribution in [0.5, 0.6) is 5.75 Å². The van der Waals surface area contributed by atoms with Crippen molar-refractivity contribution < 1.29 is 13.5 Å². The molecule has 106 valence electrons. The van der Waals surface area contributed by atoms with E-state index in [1.165, 1.54) is 12.1 Å². The Balaban J connectivity index is 2.46. The lowest BCUT2D eigenvalue weighted by molar-refractivity contribution is 0.475. The van der Waals surface area contributed by atoms with Crippen LogP contribution in [0.1, 0.15) is 11.1 Å². The van der Waals surface area contributed by atoms with Crippen molar-refractivity contribution in [2.75, 3.05) is 10.5 Å². The van der Waals surface area contributed by atoms with E-state index in [1.807, 2.05) is 0 Å². The third-order valence-corrected chi connectivity index (χ3v) is 4.44. The minimum absolute atomic E-state index is 0.00863. The van der Waals surface area contributed by atoms with Crippen LogP contribution in [0.2, 0.25) is 0 Å². The smallest absolute Gasteiger partial charge is 0.262 e. The van der Waals surface area contributed by atoms with Crippen molar-refractivity contribution >= 4 is 21.4 Å². The lowest BCUT2D eigenvalue weighted by Gasteiger charge is -2.13. The first kappa shape index (κ1) is 14.2. The monoisotopic (exact) mass is 292 g/mol. The van der Waals surface area contributed by atoms with Crippen LogP contribution in [-0.2, 0) is 10.0 Å². The SMILES string of the molecule is Cc1cc(N)c(C)c(S(=O)(=O)Nc2cccc(O)c2)c1. The lowest BCUT2D eigenvalue weighted by Crippen LogP contribution is -2.15. The third kappa shape index (κ3) is 2.85. The van der Waals surface area contributed by atoms with Crippen LogP contribution in [0, 0.1) is 13.8 Å². The molecule has 0 aliphatic heterocycles. The molecule has 4 N–H and O–H groups in total. The van der Waals surface area contributed by atoms with Crippen molar-refractivity contribution in [2.45, 2.75) is 18.7 Å². The minimum Gasteiger partial charge on any atom is -0.508 e. The minimum atomic E-state index is -3.75. The third-order valence-electron chi connectivity index (χ3n) is 2.93. The molecule has 2 aromatic rings. The summed E-state index contributed by atoms with van der Waals surface area (Å²) in [4.78, 5) is 0.137. The molecule has 0 unspecified atom stereocenters. The number of nitrogens with one attached hydrogen (secondary N) is 1. The van der Waals surface area contributed by atoms with Gasteiger partial charge in [0.05, 0.1) is 10.6 Å². The van der Waals surface area contributed by atoms with Crippen molar-refractivity contribution in [1.82, 2.24) is 0 Å². The molecule has 0 aromatic heterocycles. The zero-order valence-corrected chi connectivity index (χ0v) is 12.0. The van der Waals surface area contributed by atoms with Gasteiger partial charge in [-0.05, 0) is 49.2 Å². The molecule has 0 aliphatic rings. The molecule has 0 saturated heterocycles. The first-order valence-corrected chi connectivity index (χ1v) is 7.46. The van der Waals surface area contributed by atoms with E-state index in [9.17, 15) is 13.5 Å². The summed E-state index contributed by atoms with van der Waals surface area (Å²) in [5.74, 6) is -0.00863. The highest BCUT2D eigenvalue weighted by Crippen LogP contribution is 2.26. The molecule has 0 fully saturated rings. The zero-order valence-electron chi connectivity index (χ0n) is 11.2. The summed E-state index contributed by atoms with van der Waals surface area (Å²) in [6.07, 6.45) is 0. The van der Waals surface area contributed by atoms with Crippen LogP contribution < -0.4 is 10.5 Å². The van der Waals surface area contributed by atoms with E-state index in [0.717, 1.165) is 5.56 Å². The van der Waals surface area contributed by atoms with E-state index < -0.39 is 10.0 Å². The fourth-order valence-corrected chi connectivity index (χ4v) is 3.32. The molecule has 0 spiro atoms. The highest BCUT2D eigenvalue weighted by molar-refractivity contribution is 7.92.